The minimum atomic E-state index is -0.800. The number of hydrogen-bond acceptors (Lipinski definition) is 5. The van der Waals surface area contributed by atoms with Crippen molar-refractivity contribution in [2.45, 2.75) is 91.4 Å². The van der Waals surface area contributed by atoms with Crippen LogP contribution < -0.4 is 9.47 Å². The van der Waals surface area contributed by atoms with E-state index in [1.807, 2.05) is 50.2 Å². The second-order valence-electron chi connectivity index (χ2n) is 11.3. The summed E-state index contributed by atoms with van der Waals surface area (Å²) in [4.78, 5) is 24.8. The van der Waals surface area contributed by atoms with Crippen molar-refractivity contribution in [3.8, 4) is 22.6 Å². The van der Waals surface area contributed by atoms with Gasteiger partial charge in [-0.25, -0.2) is 14.0 Å². The van der Waals surface area contributed by atoms with Crippen LogP contribution in [-0.4, -0.2) is 25.2 Å². The lowest BCUT2D eigenvalue weighted by Gasteiger charge is -2.11. The number of unbranched alkanes of at least 4 members (excludes halogenated alkanes) is 9. The monoisotopic (exact) mass is 590 g/mol. The highest BCUT2D eigenvalue weighted by Crippen LogP contribution is 2.24. The topological polar surface area (TPSA) is 61.8 Å². The summed E-state index contributed by atoms with van der Waals surface area (Å²) in [6, 6.07) is 18.6. The van der Waals surface area contributed by atoms with Crippen molar-refractivity contribution in [1.29, 1.82) is 0 Å². The first-order valence-corrected chi connectivity index (χ1v) is 15.9. The zero-order chi connectivity index (χ0) is 30.9. The van der Waals surface area contributed by atoms with E-state index in [9.17, 15) is 14.0 Å². The van der Waals surface area contributed by atoms with Gasteiger partial charge in [0.1, 0.15) is 17.3 Å². The second-order valence-corrected chi connectivity index (χ2v) is 11.3. The molecular formula is C37H47FO5. The molecule has 3 aromatic rings. The fourth-order valence-corrected chi connectivity index (χ4v) is 4.63. The van der Waals surface area contributed by atoms with Crippen LogP contribution in [0.1, 0.15) is 112 Å². The van der Waals surface area contributed by atoms with Crippen molar-refractivity contribution in [2.24, 2.45) is 5.92 Å². The summed E-state index contributed by atoms with van der Waals surface area (Å²) in [5.41, 5.74) is 2.09. The predicted octanol–water partition coefficient (Wildman–Crippen LogP) is 10.2. The third-order valence-corrected chi connectivity index (χ3v) is 7.64. The number of rotatable bonds is 19. The maximum Gasteiger partial charge on any atom is 0.343 e. The molecule has 3 rings (SSSR count). The van der Waals surface area contributed by atoms with Gasteiger partial charge in [-0.15, -0.1) is 0 Å². The summed E-state index contributed by atoms with van der Waals surface area (Å²) in [7, 11) is 0. The Morgan fingerprint density at radius 3 is 1.84 bits per heavy atom. The van der Waals surface area contributed by atoms with E-state index in [1.54, 1.807) is 12.1 Å². The first-order valence-electron chi connectivity index (χ1n) is 15.9. The van der Waals surface area contributed by atoms with E-state index < -0.39 is 17.8 Å². The zero-order valence-corrected chi connectivity index (χ0v) is 26.0. The van der Waals surface area contributed by atoms with Gasteiger partial charge in [-0.1, -0.05) is 109 Å². The summed E-state index contributed by atoms with van der Waals surface area (Å²) in [5.74, 6) is -1.10. The molecule has 0 heterocycles. The van der Waals surface area contributed by atoms with Crippen molar-refractivity contribution in [3.05, 3.63) is 83.7 Å². The van der Waals surface area contributed by atoms with Gasteiger partial charge in [-0.3, -0.25) is 0 Å². The Hall–Kier alpha value is -3.67. The molecule has 0 amide bonds. The molecule has 3 aromatic carbocycles. The third kappa shape index (κ3) is 11.9. The second kappa shape index (κ2) is 18.8. The van der Waals surface area contributed by atoms with Gasteiger partial charge in [0.25, 0.3) is 0 Å². The molecule has 1 atom stereocenters. The Morgan fingerprint density at radius 1 is 0.698 bits per heavy atom. The molecular weight excluding hydrogens is 543 g/mol. The third-order valence-electron chi connectivity index (χ3n) is 7.64. The molecule has 5 nitrogen and oxygen atoms in total. The van der Waals surface area contributed by atoms with Gasteiger partial charge in [0.15, 0.2) is 0 Å². The molecule has 0 aliphatic heterocycles. The molecule has 0 aliphatic rings. The van der Waals surface area contributed by atoms with Gasteiger partial charge < -0.3 is 14.2 Å². The highest BCUT2D eigenvalue weighted by Gasteiger charge is 2.17. The van der Waals surface area contributed by atoms with E-state index in [1.165, 1.54) is 69.9 Å². The zero-order valence-electron chi connectivity index (χ0n) is 26.0. The van der Waals surface area contributed by atoms with Gasteiger partial charge in [0.05, 0.1) is 24.3 Å². The number of halogens is 1. The molecule has 0 aromatic heterocycles. The van der Waals surface area contributed by atoms with E-state index in [4.69, 9.17) is 14.2 Å². The number of benzene rings is 3. The maximum absolute atomic E-state index is 14.5. The van der Waals surface area contributed by atoms with Gasteiger partial charge in [0, 0.05) is 6.07 Å². The fraction of sp³-hybridized carbons (Fsp3) is 0.459. The minimum Gasteiger partial charge on any atom is -0.494 e. The first-order chi connectivity index (χ1) is 20.9. The van der Waals surface area contributed by atoms with E-state index in [0.717, 1.165) is 42.4 Å². The van der Waals surface area contributed by atoms with Crippen molar-refractivity contribution in [2.75, 3.05) is 13.2 Å². The first kappa shape index (κ1) is 33.8. The molecule has 232 valence electrons. The smallest absolute Gasteiger partial charge is 0.343 e. The summed E-state index contributed by atoms with van der Waals surface area (Å²) in [6.07, 6.45) is 13.9. The molecule has 0 saturated heterocycles. The van der Waals surface area contributed by atoms with E-state index in [-0.39, 0.29) is 23.8 Å². The van der Waals surface area contributed by atoms with Crippen molar-refractivity contribution >= 4 is 11.9 Å². The molecule has 0 bridgehead atoms. The van der Waals surface area contributed by atoms with Crippen LogP contribution in [-0.2, 0) is 4.74 Å². The standard InChI is InChI=1S/C37H47FO5/c1-4-6-7-8-9-10-11-12-13-14-25-41-32-21-19-30(20-22-32)29-15-17-31(18-16-29)36(39)43-33-23-24-34(35(38)26-33)37(40)42-27-28(3)5-2/h15-24,26,28H,4-14,25,27H2,1-3H3. The van der Waals surface area contributed by atoms with E-state index in [2.05, 4.69) is 6.92 Å². The normalized spacial score (nSPS) is 11.6. The molecule has 0 N–H and O–H groups in total. The molecule has 0 radical (unpaired) electrons. The molecule has 0 fully saturated rings. The number of ether oxygens (including phenoxy) is 3. The van der Waals surface area contributed by atoms with Crippen LogP contribution in [0, 0.1) is 11.7 Å². The van der Waals surface area contributed by atoms with Crippen LogP contribution in [0.2, 0.25) is 0 Å². The van der Waals surface area contributed by atoms with Gasteiger partial charge in [0.2, 0.25) is 0 Å². The van der Waals surface area contributed by atoms with Crippen molar-refractivity contribution < 1.29 is 28.2 Å². The Bertz CT molecular complexity index is 1250. The van der Waals surface area contributed by atoms with Crippen molar-refractivity contribution in [3.63, 3.8) is 0 Å². The van der Waals surface area contributed by atoms with Crippen LogP contribution in [0.15, 0.2) is 66.7 Å². The van der Waals surface area contributed by atoms with Crippen LogP contribution >= 0.6 is 0 Å². The van der Waals surface area contributed by atoms with Crippen LogP contribution in [0.25, 0.3) is 11.1 Å². The Balaban J connectivity index is 1.41. The van der Waals surface area contributed by atoms with Gasteiger partial charge in [-0.2, -0.15) is 0 Å². The number of esters is 2. The quantitative estimate of drug-likeness (QED) is 0.0790. The lowest BCUT2D eigenvalue weighted by Crippen LogP contribution is -2.13. The maximum atomic E-state index is 14.5. The lowest BCUT2D eigenvalue weighted by atomic mass is 10.0. The fourth-order valence-electron chi connectivity index (χ4n) is 4.63. The summed E-state index contributed by atoms with van der Waals surface area (Å²) < 4.78 is 30.9. The summed E-state index contributed by atoms with van der Waals surface area (Å²) in [6.45, 7) is 7.14. The van der Waals surface area contributed by atoms with Crippen LogP contribution in [0.3, 0.4) is 0 Å². The molecule has 0 spiro atoms. The average Bonchev–Trinajstić information content (AvgIpc) is 3.02. The molecule has 0 aliphatic carbocycles. The highest BCUT2D eigenvalue weighted by molar-refractivity contribution is 5.92. The predicted molar refractivity (Wildman–Crippen MR) is 170 cm³/mol. The SMILES string of the molecule is CCCCCCCCCCCCOc1ccc(-c2ccc(C(=O)Oc3ccc(C(=O)OCC(C)CC)c(F)c3)cc2)cc1. The van der Waals surface area contributed by atoms with E-state index in [0.29, 0.717) is 5.56 Å². The summed E-state index contributed by atoms with van der Waals surface area (Å²) in [5, 5.41) is 0. The van der Waals surface area contributed by atoms with Crippen molar-refractivity contribution in [1.82, 2.24) is 0 Å². The summed E-state index contributed by atoms with van der Waals surface area (Å²) >= 11 is 0. The van der Waals surface area contributed by atoms with Crippen LogP contribution in [0.4, 0.5) is 4.39 Å². The highest BCUT2D eigenvalue weighted by atomic mass is 19.1. The van der Waals surface area contributed by atoms with Gasteiger partial charge >= 0.3 is 11.9 Å². The largest absolute Gasteiger partial charge is 0.494 e. The average molecular weight is 591 g/mol. The molecule has 43 heavy (non-hydrogen) atoms. The number of carbonyl (C=O) groups excluding carboxylic acids is 2. The molecule has 0 saturated carbocycles. The van der Waals surface area contributed by atoms with Gasteiger partial charge in [-0.05, 0) is 59.9 Å². The lowest BCUT2D eigenvalue weighted by molar-refractivity contribution is 0.0441. The number of hydrogen-bond donors (Lipinski definition) is 0. The molecule has 1 unspecified atom stereocenters. The Morgan fingerprint density at radius 2 is 1.26 bits per heavy atom. The number of carbonyl (C=O) groups is 2. The Labute approximate surface area is 256 Å². The Kier molecular flexibility index (Phi) is 14.8. The van der Waals surface area contributed by atoms with Crippen LogP contribution in [0.5, 0.6) is 11.5 Å². The van der Waals surface area contributed by atoms with E-state index >= 15 is 0 Å². The molecule has 6 heteroatoms. The minimum absolute atomic E-state index is 0.0125.